The summed E-state index contributed by atoms with van der Waals surface area (Å²) in [4.78, 5) is 14.7. The van der Waals surface area contributed by atoms with Crippen LogP contribution in [-0.4, -0.2) is 16.1 Å². The second-order valence-electron chi connectivity index (χ2n) is 3.34. The van der Waals surface area contributed by atoms with Crippen LogP contribution in [0.1, 0.15) is 5.69 Å². The van der Waals surface area contributed by atoms with Gasteiger partial charge in [0.25, 0.3) is 0 Å². The van der Waals surface area contributed by atoms with Gasteiger partial charge in [-0.2, -0.15) is 0 Å². The van der Waals surface area contributed by atoms with E-state index in [1.54, 1.807) is 11.4 Å². The molecule has 0 amide bonds. The Kier molecular flexibility index (Phi) is 3.40. The molecule has 1 N–H and O–H groups in total. The average Bonchev–Trinajstić information content (AvgIpc) is 2.69. The van der Waals surface area contributed by atoms with Crippen LogP contribution in [0.25, 0.3) is 10.6 Å². The summed E-state index contributed by atoms with van der Waals surface area (Å²) in [6, 6.07) is 4.29. The first-order valence-electron chi connectivity index (χ1n) is 4.68. The van der Waals surface area contributed by atoms with Crippen LogP contribution >= 0.6 is 22.9 Å². The van der Waals surface area contributed by atoms with Crippen molar-refractivity contribution in [1.29, 1.82) is 0 Å². The molecule has 17 heavy (non-hydrogen) atoms. The van der Waals surface area contributed by atoms with Crippen molar-refractivity contribution in [2.75, 3.05) is 0 Å². The molecular weight excluding hydrogens is 265 g/mol. The van der Waals surface area contributed by atoms with Gasteiger partial charge in [-0.1, -0.05) is 11.6 Å². The molecule has 0 aliphatic carbocycles. The van der Waals surface area contributed by atoms with Gasteiger partial charge in [0.05, 0.1) is 17.1 Å². The molecule has 88 valence electrons. The van der Waals surface area contributed by atoms with Crippen LogP contribution in [0.4, 0.5) is 4.39 Å². The van der Waals surface area contributed by atoms with Crippen molar-refractivity contribution in [2.24, 2.45) is 0 Å². The lowest BCUT2D eigenvalue weighted by Crippen LogP contribution is -1.99. The van der Waals surface area contributed by atoms with Gasteiger partial charge in [0, 0.05) is 10.9 Å². The normalized spacial score (nSPS) is 10.5. The van der Waals surface area contributed by atoms with Crippen molar-refractivity contribution in [3.05, 3.63) is 40.1 Å². The molecule has 2 rings (SSSR count). The van der Waals surface area contributed by atoms with Crippen LogP contribution in [0.15, 0.2) is 23.6 Å². The molecule has 0 spiro atoms. The molecule has 3 nitrogen and oxygen atoms in total. The van der Waals surface area contributed by atoms with Crippen LogP contribution in [0.3, 0.4) is 0 Å². The minimum absolute atomic E-state index is 0.0254. The number of thiazole rings is 1. The van der Waals surface area contributed by atoms with Gasteiger partial charge >= 0.3 is 5.97 Å². The number of benzene rings is 1. The number of halogens is 2. The van der Waals surface area contributed by atoms with Crippen LogP contribution in [-0.2, 0) is 11.2 Å². The molecule has 6 heteroatoms. The summed E-state index contributed by atoms with van der Waals surface area (Å²) in [6.45, 7) is 0. The van der Waals surface area contributed by atoms with E-state index in [0.29, 0.717) is 16.3 Å². The third-order valence-electron chi connectivity index (χ3n) is 2.05. The Labute approximate surface area is 106 Å². The summed E-state index contributed by atoms with van der Waals surface area (Å²) in [5, 5.41) is 10.9. The molecule has 1 heterocycles. The van der Waals surface area contributed by atoms with Crippen molar-refractivity contribution in [1.82, 2.24) is 4.98 Å². The molecular formula is C11H7ClFNO2S. The number of hydrogen-bond acceptors (Lipinski definition) is 3. The maximum absolute atomic E-state index is 13.0. The van der Waals surface area contributed by atoms with E-state index >= 15 is 0 Å². The highest BCUT2D eigenvalue weighted by molar-refractivity contribution is 7.13. The minimum Gasteiger partial charge on any atom is -0.481 e. The largest absolute Gasteiger partial charge is 0.481 e. The molecule has 1 aromatic carbocycles. The topological polar surface area (TPSA) is 50.2 Å². The van der Waals surface area contributed by atoms with Gasteiger partial charge in [-0.15, -0.1) is 11.3 Å². The highest BCUT2D eigenvalue weighted by Crippen LogP contribution is 2.27. The van der Waals surface area contributed by atoms with Crippen molar-refractivity contribution in [3.8, 4) is 10.6 Å². The second-order valence-corrected chi connectivity index (χ2v) is 4.61. The zero-order chi connectivity index (χ0) is 12.4. The molecule has 1 aromatic heterocycles. The molecule has 0 saturated heterocycles. The van der Waals surface area contributed by atoms with Crippen molar-refractivity contribution < 1.29 is 14.3 Å². The molecule has 0 aliphatic heterocycles. The first-order chi connectivity index (χ1) is 8.06. The first-order valence-corrected chi connectivity index (χ1v) is 5.93. The van der Waals surface area contributed by atoms with E-state index in [1.165, 1.54) is 23.5 Å². The highest BCUT2D eigenvalue weighted by Gasteiger charge is 2.09. The number of nitrogens with zero attached hydrogens (tertiary/aromatic N) is 1. The minimum atomic E-state index is -0.931. The Hall–Kier alpha value is -1.46. The number of carboxylic acid groups (broad SMARTS) is 1. The SMILES string of the molecule is O=C(O)Cc1csc(-c2ccc(F)c(Cl)c2)n1. The molecule has 0 unspecified atom stereocenters. The third-order valence-corrected chi connectivity index (χ3v) is 3.28. The van der Waals surface area contributed by atoms with Crippen LogP contribution < -0.4 is 0 Å². The molecule has 0 radical (unpaired) electrons. The molecule has 0 aliphatic rings. The van der Waals surface area contributed by atoms with Gasteiger partial charge in [-0.3, -0.25) is 4.79 Å². The monoisotopic (exact) mass is 271 g/mol. The average molecular weight is 272 g/mol. The van der Waals surface area contributed by atoms with Gasteiger partial charge in [-0.25, -0.2) is 9.37 Å². The molecule has 0 bridgehead atoms. The lowest BCUT2D eigenvalue weighted by Gasteiger charge is -1.98. The fourth-order valence-corrected chi connectivity index (χ4v) is 2.30. The van der Waals surface area contributed by atoms with Gasteiger partial charge < -0.3 is 5.11 Å². The van der Waals surface area contributed by atoms with E-state index in [-0.39, 0.29) is 11.4 Å². The van der Waals surface area contributed by atoms with Crippen LogP contribution in [0.5, 0.6) is 0 Å². The number of aromatic nitrogens is 1. The van der Waals surface area contributed by atoms with Crippen LogP contribution in [0.2, 0.25) is 5.02 Å². The predicted molar refractivity (Wildman–Crippen MR) is 63.9 cm³/mol. The summed E-state index contributed by atoms with van der Waals surface area (Å²) in [5.74, 6) is -1.42. The second kappa shape index (κ2) is 4.81. The van der Waals surface area contributed by atoms with Crippen LogP contribution in [0, 0.1) is 5.82 Å². The summed E-state index contributed by atoms with van der Waals surface area (Å²) in [5.41, 5.74) is 1.16. The highest BCUT2D eigenvalue weighted by atomic mass is 35.5. The fraction of sp³-hybridized carbons (Fsp3) is 0.0909. The van der Waals surface area contributed by atoms with Crippen molar-refractivity contribution >= 4 is 28.9 Å². The van der Waals surface area contributed by atoms with Crippen molar-refractivity contribution in [2.45, 2.75) is 6.42 Å². The van der Waals surface area contributed by atoms with Gasteiger partial charge in [0.15, 0.2) is 0 Å². The summed E-state index contributed by atoms with van der Waals surface area (Å²) < 4.78 is 13.0. The summed E-state index contributed by atoms with van der Waals surface area (Å²) in [6.07, 6.45) is -0.120. The maximum Gasteiger partial charge on any atom is 0.309 e. The fourth-order valence-electron chi connectivity index (χ4n) is 1.30. The zero-order valence-electron chi connectivity index (χ0n) is 8.48. The number of rotatable bonds is 3. The number of carbonyl (C=O) groups is 1. The number of hydrogen-bond donors (Lipinski definition) is 1. The maximum atomic E-state index is 13.0. The first kappa shape index (κ1) is 12.0. The van der Waals surface area contributed by atoms with Gasteiger partial charge in [0.2, 0.25) is 0 Å². The Morgan fingerprint density at radius 2 is 2.29 bits per heavy atom. The van der Waals surface area contributed by atoms with Gasteiger partial charge in [0.1, 0.15) is 10.8 Å². The number of carboxylic acids is 1. The molecule has 2 aromatic rings. The standard InChI is InChI=1S/C11H7ClFNO2S/c12-8-3-6(1-2-9(8)13)11-14-7(5-17-11)4-10(15)16/h1-3,5H,4H2,(H,15,16). The Morgan fingerprint density at radius 3 is 2.94 bits per heavy atom. The van der Waals surface area contributed by atoms with Gasteiger partial charge in [-0.05, 0) is 18.2 Å². The Balaban J connectivity index is 2.30. The lowest BCUT2D eigenvalue weighted by molar-refractivity contribution is -0.136. The Morgan fingerprint density at radius 1 is 1.53 bits per heavy atom. The van der Waals surface area contributed by atoms with E-state index < -0.39 is 11.8 Å². The van der Waals surface area contributed by atoms with E-state index in [9.17, 15) is 9.18 Å². The van der Waals surface area contributed by atoms with Crippen molar-refractivity contribution in [3.63, 3.8) is 0 Å². The lowest BCUT2D eigenvalue weighted by atomic mass is 10.2. The summed E-state index contributed by atoms with van der Waals surface area (Å²) in [7, 11) is 0. The van der Waals surface area contributed by atoms with E-state index in [1.807, 2.05) is 0 Å². The van der Waals surface area contributed by atoms with E-state index in [0.717, 1.165) is 0 Å². The third kappa shape index (κ3) is 2.81. The molecule has 0 atom stereocenters. The smallest absolute Gasteiger partial charge is 0.309 e. The van der Waals surface area contributed by atoms with E-state index in [2.05, 4.69) is 4.98 Å². The summed E-state index contributed by atoms with van der Waals surface area (Å²) >= 11 is 6.97. The quantitative estimate of drug-likeness (QED) is 0.932. The zero-order valence-corrected chi connectivity index (χ0v) is 10.1. The molecule has 0 fully saturated rings. The molecule has 0 saturated carbocycles. The number of aliphatic carboxylic acids is 1. The predicted octanol–water partition coefficient (Wildman–Crippen LogP) is 3.23. The van der Waals surface area contributed by atoms with E-state index in [4.69, 9.17) is 16.7 Å². The Bertz CT molecular complexity index is 570.